The standard InChI is InChI=1S/C10H6Br2Cl6/c11-3-1-2-4(5(3)12)9(16)7(14)6(13)8(2,15)10(9,17)18/h2-5H,1H2/t2-,3+,4-,5-,8-,9+/m0/s1. The van der Waals surface area contributed by atoms with Gasteiger partial charge in [0.2, 0.25) is 0 Å². The number of hydrogen-bond acceptors (Lipinski definition) is 0. The van der Waals surface area contributed by atoms with E-state index < -0.39 is 14.1 Å². The zero-order valence-electron chi connectivity index (χ0n) is 8.54. The van der Waals surface area contributed by atoms with Gasteiger partial charge in [0.1, 0.15) is 9.75 Å². The molecule has 2 bridgehead atoms. The lowest BCUT2D eigenvalue weighted by atomic mass is 9.85. The number of alkyl halides is 6. The molecular formula is C10H6Br2Cl6. The second-order valence-corrected chi connectivity index (χ2v) is 10.5. The van der Waals surface area contributed by atoms with Crippen LogP contribution in [0, 0.1) is 11.8 Å². The molecule has 3 aliphatic rings. The Kier molecular flexibility index (Phi) is 3.62. The molecule has 3 aliphatic carbocycles. The minimum absolute atomic E-state index is 0.0181. The van der Waals surface area contributed by atoms with Crippen LogP contribution in [0.1, 0.15) is 6.42 Å². The molecule has 0 amide bonds. The number of rotatable bonds is 0. The first-order valence-electron chi connectivity index (χ1n) is 5.21. The molecule has 0 unspecified atom stereocenters. The highest BCUT2D eigenvalue weighted by atomic mass is 79.9. The van der Waals surface area contributed by atoms with E-state index in [0.717, 1.165) is 6.42 Å². The summed E-state index contributed by atoms with van der Waals surface area (Å²) in [5.41, 5.74) is 0. The van der Waals surface area contributed by atoms with Gasteiger partial charge in [-0.2, -0.15) is 0 Å². The summed E-state index contributed by atoms with van der Waals surface area (Å²) < 4.78 is -1.41. The molecule has 102 valence electrons. The number of hydrogen-bond donors (Lipinski definition) is 0. The Bertz CT molecular complexity index is 465. The van der Waals surface area contributed by atoms with Crippen LogP contribution < -0.4 is 0 Å². The van der Waals surface area contributed by atoms with Crippen LogP contribution in [0.15, 0.2) is 10.1 Å². The van der Waals surface area contributed by atoms with Gasteiger partial charge in [0.15, 0.2) is 4.33 Å². The SMILES string of the molecule is ClC1=C(Cl)[C@]2(Cl)[C@@H]3[C@@H](Br)[C@H](Br)C[C@@H]3[C@@]1(Cl)C2(Cl)Cl. The minimum Gasteiger partial charge on any atom is -0.109 e. The van der Waals surface area contributed by atoms with E-state index in [4.69, 9.17) is 69.6 Å². The van der Waals surface area contributed by atoms with Gasteiger partial charge in [0, 0.05) is 15.6 Å². The van der Waals surface area contributed by atoms with Crippen LogP contribution in [0.5, 0.6) is 0 Å². The number of allylic oxidation sites excluding steroid dienone is 2. The van der Waals surface area contributed by atoms with Crippen LogP contribution in [-0.2, 0) is 0 Å². The average Bonchev–Trinajstić information content (AvgIpc) is 2.69. The monoisotopic (exact) mass is 494 g/mol. The quantitative estimate of drug-likeness (QED) is 0.360. The van der Waals surface area contributed by atoms with Gasteiger partial charge in [0.25, 0.3) is 0 Å². The Morgan fingerprint density at radius 2 is 1.44 bits per heavy atom. The van der Waals surface area contributed by atoms with Gasteiger partial charge in [-0.25, -0.2) is 0 Å². The smallest absolute Gasteiger partial charge is 0.109 e. The maximum absolute atomic E-state index is 6.71. The first-order chi connectivity index (χ1) is 8.11. The first kappa shape index (κ1) is 15.3. The van der Waals surface area contributed by atoms with Gasteiger partial charge in [-0.15, -0.1) is 23.2 Å². The molecule has 2 fully saturated rings. The molecule has 0 aromatic carbocycles. The van der Waals surface area contributed by atoms with Gasteiger partial charge in [-0.1, -0.05) is 78.3 Å². The molecule has 0 aromatic rings. The molecule has 0 aromatic heterocycles. The lowest BCUT2D eigenvalue weighted by Gasteiger charge is -2.35. The zero-order valence-corrected chi connectivity index (χ0v) is 16.2. The van der Waals surface area contributed by atoms with Crippen molar-refractivity contribution >= 4 is 101 Å². The highest BCUT2D eigenvalue weighted by molar-refractivity contribution is 9.12. The molecule has 2 saturated carbocycles. The summed E-state index contributed by atoms with van der Waals surface area (Å²) in [4.78, 5) is -1.93. The van der Waals surface area contributed by atoms with E-state index in [-0.39, 0.29) is 31.6 Å². The largest absolute Gasteiger partial charge is 0.166 e. The van der Waals surface area contributed by atoms with Crippen molar-refractivity contribution < 1.29 is 0 Å². The highest BCUT2D eigenvalue weighted by Crippen LogP contribution is 2.79. The van der Waals surface area contributed by atoms with Crippen LogP contribution in [0.25, 0.3) is 0 Å². The van der Waals surface area contributed by atoms with Crippen molar-refractivity contribution in [2.75, 3.05) is 0 Å². The number of halogens is 8. The Labute approximate surface area is 152 Å². The second kappa shape index (κ2) is 4.25. The normalized spacial score (nSPS) is 57.3. The molecular weight excluding hydrogens is 493 g/mol. The summed E-state index contributed by atoms with van der Waals surface area (Å²) in [7, 11) is 0. The van der Waals surface area contributed by atoms with Crippen molar-refractivity contribution in [2.45, 2.75) is 30.2 Å². The van der Waals surface area contributed by atoms with E-state index in [9.17, 15) is 0 Å². The van der Waals surface area contributed by atoms with E-state index in [1.165, 1.54) is 0 Å². The van der Waals surface area contributed by atoms with E-state index in [1.54, 1.807) is 0 Å². The molecule has 0 nitrogen and oxygen atoms in total. The predicted molar refractivity (Wildman–Crippen MR) is 87.4 cm³/mol. The topological polar surface area (TPSA) is 0 Å². The molecule has 18 heavy (non-hydrogen) atoms. The van der Waals surface area contributed by atoms with Crippen molar-refractivity contribution in [2.24, 2.45) is 11.8 Å². The fourth-order valence-corrected chi connectivity index (χ4v) is 8.44. The molecule has 3 rings (SSSR count). The fraction of sp³-hybridized carbons (Fsp3) is 0.800. The summed E-state index contributed by atoms with van der Waals surface area (Å²) >= 11 is 46.1. The van der Waals surface area contributed by atoms with Gasteiger partial charge < -0.3 is 0 Å². The zero-order chi connectivity index (χ0) is 13.7. The van der Waals surface area contributed by atoms with Crippen molar-refractivity contribution in [3.63, 3.8) is 0 Å². The third-order valence-corrected chi connectivity index (χ3v) is 11.5. The molecule has 0 radical (unpaired) electrons. The lowest BCUT2D eigenvalue weighted by Crippen LogP contribution is -2.47. The van der Waals surface area contributed by atoms with Crippen molar-refractivity contribution in [1.82, 2.24) is 0 Å². The van der Waals surface area contributed by atoms with E-state index >= 15 is 0 Å². The maximum atomic E-state index is 6.71. The molecule has 0 N–H and O–H groups in total. The van der Waals surface area contributed by atoms with Gasteiger partial charge in [-0.05, 0) is 12.3 Å². The Balaban J connectivity index is 2.26. The molecule has 0 spiro atoms. The van der Waals surface area contributed by atoms with Crippen LogP contribution in [0.2, 0.25) is 0 Å². The molecule has 0 heterocycles. The highest BCUT2D eigenvalue weighted by Gasteiger charge is 2.84. The Morgan fingerprint density at radius 3 is 2.00 bits per heavy atom. The summed E-state index contributed by atoms with van der Waals surface area (Å²) in [6.07, 6.45) is 0.792. The predicted octanol–water partition coefficient (Wildman–Crippen LogP) is 6.00. The molecule has 8 heteroatoms. The van der Waals surface area contributed by atoms with Crippen LogP contribution in [0.3, 0.4) is 0 Å². The lowest BCUT2D eigenvalue weighted by molar-refractivity contribution is 0.389. The van der Waals surface area contributed by atoms with Gasteiger partial charge in [-0.3, -0.25) is 0 Å². The molecule has 0 aliphatic heterocycles. The van der Waals surface area contributed by atoms with Crippen molar-refractivity contribution in [3.8, 4) is 0 Å². The van der Waals surface area contributed by atoms with Crippen molar-refractivity contribution in [3.05, 3.63) is 10.1 Å². The van der Waals surface area contributed by atoms with Gasteiger partial charge >= 0.3 is 0 Å². The van der Waals surface area contributed by atoms with E-state index in [0.29, 0.717) is 0 Å². The molecule has 0 saturated heterocycles. The minimum atomic E-state index is -1.41. The van der Waals surface area contributed by atoms with E-state index in [2.05, 4.69) is 31.9 Å². The first-order valence-corrected chi connectivity index (χ1v) is 9.31. The third-order valence-electron chi connectivity index (χ3n) is 4.32. The van der Waals surface area contributed by atoms with Crippen molar-refractivity contribution in [1.29, 1.82) is 0 Å². The average molecular weight is 499 g/mol. The third kappa shape index (κ3) is 1.35. The Morgan fingerprint density at radius 1 is 0.944 bits per heavy atom. The number of fused-ring (bicyclic) bond motifs is 5. The summed E-state index contributed by atoms with van der Waals surface area (Å²) in [6.45, 7) is 0. The second-order valence-electron chi connectivity index (χ2n) is 4.95. The van der Waals surface area contributed by atoms with Crippen LogP contribution in [-0.4, -0.2) is 23.7 Å². The van der Waals surface area contributed by atoms with Crippen LogP contribution in [0.4, 0.5) is 0 Å². The Hall–Kier alpha value is 2.44. The fourth-order valence-electron chi connectivity index (χ4n) is 3.48. The van der Waals surface area contributed by atoms with E-state index in [1.807, 2.05) is 0 Å². The van der Waals surface area contributed by atoms with Gasteiger partial charge in [0.05, 0.1) is 10.1 Å². The summed E-state index contributed by atoms with van der Waals surface area (Å²) in [5.74, 6) is -0.0820. The molecule has 6 atom stereocenters. The summed E-state index contributed by atoms with van der Waals surface area (Å²) in [5, 5.41) is 0.562. The van der Waals surface area contributed by atoms with Crippen LogP contribution >= 0.6 is 101 Å². The summed E-state index contributed by atoms with van der Waals surface area (Å²) in [6, 6.07) is 0. The maximum Gasteiger partial charge on any atom is 0.166 e.